The van der Waals surface area contributed by atoms with E-state index in [9.17, 15) is 13.2 Å². The molecule has 0 amide bonds. The molecule has 0 N–H and O–H groups in total. The number of hydrogen-bond acceptors (Lipinski definition) is 4. The number of fused-ring (bicyclic) bond motifs is 1. The van der Waals surface area contributed by atoms with Crippen molar-refractivity contribution in [3.8, 4) is 0 Å². The van der Waals surface area contributed by atoms with Crippen molar-refractivity contribution >= 4 is 16.0 Å². The Hall–Kier alpha value is -1.40. The number of rotatable bonds is 1. The maximum atomic E-state index is 12.0. The number of nitrogens with zero attached hydrogens (tertiary/aromatic N) is 1. The topological polar surface area (TPSA) is 63.7 Å². The van der Waals surface area contributed by atoms with Gasteiger partial charge in [-0.05, 0) is 6.07 Å². The first kappa shape index (κ1) is 12.1. The lowest BCUT2D eigenvalue weighted by molar-refractivity contribution is -0.147. The fourth-order valence-electron chi connectivity index (χ4n) is 1.88. The molecule has 0 saturated heterocycles. The smallest absolute Gasteiger partial charge is 0.303 e. The van der Waals surface area contributed by atoms with Crippen molar-refractivity contribution in [3.63, 3.8) is 0 Å². The molecule has 1 aliphatic heterocycles. The molecule has 0 spiro atoms. The highest BCUT2D eigenvalue weighted by atomic mass is 32.2. The van der Waals surface area contributed by atoms with Gasteiger partial charge in [-0.25, -0.2) is 8.42 Å². The SMILES string of the molecule is CC(=O)OC1CN(C)S(=O)(=O)c2ccccc21. The molecule has 0 bridgehead atoms. The van der Waals surface area contributed by atoms with Crippen LogP contribution in [-0.2, 0) is 19.6 Å². The van der Waals surface area contributed by atoms with Crippen molar-refractivity contribution in [3.05, 3.63) is 29.8 Å². The summed E-state index contributed by atoms with van der Waals surface area (Å²) >= 11 is 0. The van der Waals surface area contributed by atoms with Gasteiger partial charge >= 0.3 is 5.97 Å². The van der Waals surface area contributed by atoms with E-state index in [1.807, 2.05) is 0 Å². The molecule has 1 unspecified atom stereocenters. The third kappa shape index (κ3) is 2.05. The van der Waals surface area contributed by atoms with Gasteiger partial charge in [-0.3, -0.25) is 4.79 Å². The van der Waals surface area contributed by atoms with Crippen molar-refractivity contribution in [2.75, 3.05) is 13.6 Å². The molecule has 1 aliphatic rings. The van der Waals surface area contributed by atoms with Crippen molar-refractivity contribution in [2.45, 2.75) is 17.9 Å². The Labute approximate surface area is 100 Å². The van der Waals surface area contributed by atoms with E-state index in [0.717, 1.165) is 0 Å². The first-order chi connectivity index (χ1) is 7.93. The zero-order valence-electron chi connectivity index (χ0n) is 9.58. The molecule has 2 rings (SSSR count). The summed E-state index contributed by atoms with van der Waals surface area (Å²) in [5.74, 6) is -0.419. The molecule has 5 nitrogen and oxygen atoms in total. The van der Waals surface area contributed by atoms with E-state index in [2.05, 4.69) is 0 Å². The van der Waals surface area contributed by atoms with Crippen LogP contribution in [0.5, 0.6) is 0 Å². The number of carbonyl (C=O) groups excluding carboxylic acids is 1. The number of carbonyl (C=O) groups is 1. The summed E-state index contributed by atoms with van der Waals surface area (Å²) in [5, 5.41) is 0. The van der Waals surface area contributed by atoms with Crippen LogP contribution in [0, 0.1) is 0 Å². The van der Waals surface area contributed by atoms with E-state index in [-0.39, 0.29) is 11.4 Å². The van der Waals surface area contributed by atoms with Gasteiger partial charge in [0.25, 0.3) is 0 Å². The molecule has 0 radical (unpaired) electrons. The lowest BCUT2D eigenvalue weighted by Crippen LogP contribution is -2.38. The van der Waals surface area contributed by atoms with Gasteiger partial charge in [-0.1, -0.05) is 18.2 Å². The van der Waals surface area contributed by atoms with Crippen LogP contribution >= 0.6 is 0 Å². The van der Waals surface area contributed by atoms with E-state index >= 15 is 0 Å². The normalized spacial score (nSPS) is 22.8. The third-order valence-corrected chi connectivity index (χ3v) is 4.58. The average molecular weight is 255 g/mol. The molecule has 0 fully saturated rings. The number of ether oxygens (including phenoxy) is 1. The summed E-state index contributed by atoms with van der Waals surface area (Å²) in [6, 6.07) is 6.58. The van der Waals surface area contributed by atoms with E-state index in [4.69, 9.17) is 4.74 Å². The van der Waals surface area contributed by atoms with Crippen LogP contribution in [-0.4, -0.2) is 32.3 Å². The molecule has 1 atom stereocenters. The molecule has 1 aromatic carbocycles. The molecule has 0 saturated carbocycles. The molecule has 92 valence electrons. The third-order valence-electron chi connectivity index (χ3n) is 2.69. The maximum absolute atomic E-state index is 12.0. The second kappa shape index (κ2) is 4.12. The van der Waals surface area contributed by atoms with Gasteiger partial charge in [-0.2, -0.15) is 4.31 Å². The van der Waals surface area contributed by atoms with Gasteiger partial charge in [-0.15, -0.1) is 0 Å². The van der Waals surface area contributed by atoms with Crippen LogP contribution in [0.15, 0.2) is 29.2 Å². The number of hydrogen-bond donors (Lipinski definition) is 0. The zero-order chi connectivity index (χ0) is 12.6. The highest BCUT2D eigenvalue weighted by Gasteiger charge is 2.35. The summed E-state index contributed by atoms with van der Waals surface area (Å²) in [4.78, 5) is 11.2. The van der Waals surface area contributed by atoms with E-state index in [1.165, 1.54) is 24.3 Å². The summed E-state index contributed by atoms with van der Waals surface area (Å²) in [6.07, 6.45) is -0.530. The van der Waals surface area contributed by atoms with E-state index in [0.29, 0.717) is 5.56 Å². The maximum Gasteiger partial charge on any atom is 0.303 e. The monoisotopic (exact) mass is 255 g/mol. The molecule has 0 aliphatic carbocycles. The Morgan fingerprint density at radius 2 is 2.06 bits per heavy atom. The second-order valence-electron chi connectivity index (χ2n) is 3.92. The highest BCUT2D eigenvalue weighted by molar-refractivity contribution is 7.89. The van der Waals surface area contributed by atoms with Crippen LogP contribution in [0.4, 0.5) is 0 Å². The summed E-state index contributed by atoms with van der Waals surface area (Å²) < 4.78 is 30.4. The number of sulfonamides is 1. The Balaban J connectivity index is 2.53. The largest absolute Gasteiger partial charge is 0.456 e. The second-order valence-corrected chi connectivity index (χ2v) is 5.93. The van der Waals surface area contributed by atoms with Crippen LogP contribution < -0.4 is 0 Å². The fraction of sp³-hybridized carbons (Fsp3) is 0.364. The standard InChI is InChI=1S/C11H13NO4S/c1-8(13)16-10-7-12(2)17(14,15)11-6-4-3-5-9(10)11/h3-6,10H,7H2,1-2H3. The molecular formula is C11H13NO4S. The van der Waals surface area contributed by atoms with Crippen molar-refractivity contribution in [1.82, 2.24) is 4.31 Å². The molecule has 1 heterocycles. The average Bonchev–Trinajstić information content (AvgIpc) is 2.26. The van der Waals surface area contributed by atoms with Crippen LogP contribution in [0.1, 0.15) is 18.6 Å². The van der Waals surface area contributed by atoms with Gasteiger partial charge in [0.15, 0.2) is 0 Å². The van der Waals surface area contributed by atoms with Gasteiger partial charge < -0.3 is 4.74 Å². The lowest BCUT2D eigenvalue weighted by Gasteiger charge is -2.30. The van der Waals surface area contributed by atoms with Crippen LogP contribution in [0.25, 0.3) is 0 Å². The van der Waals surface area contributed by atoms with E-state index in [1.54, 1.807) is 18.2 Å². The number of benzene rings is 1. The molecule has 6 heteroatoms. The first-order valence-corrected chi connectivity index (χ1v) is 6.59. The highest BCUT2D eigenvalue weighted by Crippen LogP contribution is 2.33. The van der Waals surface area contributed by atoms with Crippen LogP contribution in [0.2, 0.25) is 0 Å². The Morgan fingerprint density at radius 3 is 2.71 bits per heavy atom. The molecular weight excluding hydrogens is 242 g/mol. The zero-order valence-corrected chi connectivity index (χ0v) is 10.4. The number of esters is 1. The lowest BCUT2D eigenvalue weighted by atomic mass is 10.1. The Bertz CT molecular complexity index is 552. The summed E-state index contributed by atoms with van der Waals surface area (Å²) in [5.41, 5.74) is 0.542. The van der Waals surface area contributed by atoms with Crippen molar-refractivity contribution < 1.29 is 17.9 Å². The fourth-order valence-corrected chi connectivity index (χ4v) is 3.30. The minimum atomic E-state index is -3.45. The van der Waals surface area contributed by atoms with Gasteiger partial charge in [0.2, 0.25) is 10.0 Å². The van der Waals surface area contributed by atoms with Gasteiger partial charge in [0.05, 0.1) is 11.4 Å². The van der Waals surface area contributed by atoms with Crippen LogP contribution in [0.3, 0.4) is 0 Å². The van der Waals surface area contributed by atoms with Gasteiger partial charge in [0, 0.05) is 19.5 Å². The summed E-state index contributed by atoms with van der Waals surface area (Å²) in [7, 11) is -1.97. The quantitative estimate of drug-likeness (QED) is 0.700. The Kier molecular flexibility index (Phi) is 2.92. The van der Waals surface area contributed by atoms with E-state index < -0.39 is 22.1 Å². The predicted molar refractivity (Wildman–Crippen MR) is 60.8 cm³/mol. The predicted octanol–water partition coefficient (Wildman–Crippen LogP) is 0.925. The minimum Gasteiger partial charge on any atom is -0.456 e. The summed E-state index contributed by atoms with van der Waals surface area (Å²) in [6.45, 7) is 1.46. The van der Waals surface area contributed by atoms with Crippen molar-refractivity contribution in [2.24, 2.45) is 0 Å². The van der Waals surface area contributed by atoms with Gasteiger partial charge in [0.1, 0.15) is 6.10 Å². The minimum absolute atomic E-state index is 0.152. The van der Waals surface area contributed by atoms with Crippen molar-refractivity contribution in [1.29, 1.82) is 0 Å². The first-order valence-electron chi connectivity index (χ1n) is 5.15. The molecule has 17 heavy (non-hydrogen) atoms. The Morgan fingerprint density at radius 1 is 1.41 bits per heavy atom. The molecule has 1 aromatic rings. The molecule has 0 aromatic heterocycles. The number of likely N-dealkylation sites (N-methyl/N-ethyl adjacent to an activating group) is 1.